The SMILES string of the molecule is C=CCCC(O)CN(CCOC)CC(=O)N1CCc2sccc2C1COc1ccc(F)cc1. The van der Waals surface area contributed by atoms with Crippen molar-refractivity contribution >= 4 is 17.2 Å². The van der Waals surface area contributed by atoms with Crippen LogP contribution in [0.4, 0.5) is 4.39 Å². The smallest absolute Gasteiger partial charge is 0.237 e. The number of amides is 1. The van der Waals surface area contributed by atoms with Crippen LogP contribution >= 0.6 is 11.3 Å². The number of ether oxygens (including phenoxy) is 2. The first-order valence-corrected chi connectivity index (χ1v) is 12.1. The van der Waals surface area contributed by atoms with Crippen LogP contribution in [0.5, 0.6) is 5.75 Å². The average Bonchev–Trinajstić information content (AvgIpc) is 3.29. The highest BCUT2D eigenvalue weighted by molar-refractivity contribution is 7.10. The number of methoxy groups -OCH3 is 1. The molecule has 1 N–H and O–H groups in total. The Morgan fingerprint density at radius 2 is 2.18 bits per heavy atom. The van der Waals surface area contributed by atoms with Gasteiger partial charge in [0.05, 0.1) is 25.3 Å². The number of aliphatic hydroxyl groups excluding tert-OH is 1. The molecule has 2 heterocycles. The molecule has 180 valence electrons. The predicted molar refractivity (Wildman–Crippen MR) is 128 cm³/mol. The number of halogens is 1. The molecule has 0 saturated carbocycles. The molecule has 2 aromatic rings. The van der Waals surface area contributed by atoms with E-state index in [0.29, 0.717) is 45.0 Å². The van der Waals surface area contributed by atoms with E-state index >= 15 is 0 Å². The third-order valence-corrected chi connectivity index (χ3v) is 6.78. The maximum atomic E-state index is 13.4. The van der Waals surface area contributed by atoms with E-state index in [-0.39, 0.29) is 24.3 Å². The van der Waals surface area contributed by atoms with Crippen LogP contribution < -0.4 is 4.74 Å². The highest BCUT2D eigenvalue weighted by atomic mass is 32.1. The van der Waals surface area contributed by atoms with Crippen LogP contribution in [0.25, 0.3) is 0 Å². The van der Waals surface area contributed by atoms with Gasteiger partial charge in [0.2, 0.25) is 5.91 Å². The van der Waals surface area contributed by atoms with Crippen molar-refractivity contribution in [1.29, 1.82) is 0 Å². The molecule has 0 spiro atoms. The number of fused-ring (bicyclic) bond motifs is 1. The van der Waals surface area contributed by atoms with Crippen molar-refractivity contribution in [3.8, 4) is 5.75 Å². The van der Waals surface area contributed by atoms with Gasteiger partial charge >= 0.3 is 0 Å². The normalized spacial score (nSPS) is 16.5. The van der Waals surface area contributed by atoms with Gasteiger partial charge in [0.15, 0.2) is 0 Å². The lowest BCUT2D eigenvalue weighted by Gasteiger charge is -2.37. The number of carbonyl (C=O) groups excluding carboxylic acids is 1. The molecule has 1 aliphatic rings. The lowest BCUT2D eigenvalue weighted by atomic mass is 10.0. The zero-order valence-electron chi connectivity index (χ0n) is 19.1. The van der Waals surface area contributed by atoms with Crippen molar-refractivity contribution < 1.29 is 23.8 Å². The summed E-state index contributed by atoms with van der Waals surface area (Å²) in [5, 5.41) is 12.4. The monoisotopic (exact) mass is 476 g/mol. The van der Waals surface area contributed by atoms with E-state index in [1.165, 1.54) is 17.0 Å². The van der Waals surface area contributed by atoms with Crippen molar-refractivity contribution in [3.05, 3.63) is 64.6 Å². The number of carbonyl (C=O) groups is 1. The van der Waals surface area contributed by atoms with Crippen LogP contribution in [0.3, 0.4) is 0 Å². The van der Waals surface area contributed by atoms with E-state index in [4.69, 9.17) is 9.47 Å². The molecule has 33 heavy (non-hydrogen) atoms. The number of hydrogen-bond donors (Lipinski definition) is 1. The highest BCUT2D eigenvalue weighted by Gasteiger charge is 2.33. The molecule has 1 amide bonds. The average molecular weight is 477 g/mol. The van der Waals surface area contributed by atoms with E-state index in [1.807, 2.05) is 15.2 Å². The number of allylic oxidation sites excluding steroid dienone is 1. The summed E-state index contributed by atoms with van der Waals surface area (Å²) in [7, 11) is 1.62. The van der Waals surface area contributed by atoms with E-state index in [1.54, 1.807) is 36.7 Å². The molecule has 3 rings (SSSR count). The van der Waals surface area contributed by atoms with Crippen LogP contribution in [0.1, 0.15) is 29.3 Å². The number of aliphatic hydroxyl groups is 1. The van der Waals surface area contributed by atoms with Gasteiger partial charge in [0.1, 0.15) is 18.2 Å². The molecule has 2 unspecified atom stereocenters. The Hall–Kier alpha value is -2.26. The van der Waals surface area contributed by atoms with Gasteiger partial charge in [-0.25, -0.2) is 4.39 Å². The third-order valence-electron chi connectivity index (χ3n) is 5.78. The topological polar surface area (TPSA) is 62.2 Å². The molecule has 0 aliphatic carbocycles. The molecule has 1 aromatic carbocycles. The molecule has 0 bridgehead atoms. The summed E-state index contributed by atoms with van der Waals surface area (Å²) in [4.78, 5) is 18.5. The summed E-state index contributed by atoms with van der Waals surface area (Å²) < 4.78 is 24.4. The molecule has 0 saturated heterocycles. The molecule has 8 heteroatoms. The minimum Gasteiger partial charge on any atom is -0.491 e. The first kappa shape index (κ1) is 25.4. The zero-order valence-corrected chi connectivity index (χ0v) is 19.9. The second-order valence-electron chi connectivity index (χ2n) is 8.16. The molecular formula is C25H33FN2O4S. The van der Waals surface area contributed by atoms with Crippen LogP contribution in [0.2, 0.25) is 0 Å². The van der Waals surface area contributed by atoms with Gasteiger partial charge in [0, 0.05) is 31.6 Å². The van der Waals surface area contributed by atoms with Crippen LogP contribution in [-0.4, -0.2) is 73.4 Å². The number of nitrogens with zero attached hydrogens (tertiary/aromatic N) is 2. The van der Waals surface area contributed by atoms with Crippen LogP contribution in [0.15, 0.2) is 48.4 Å². The van der Waals surface area contributed by atoms with E-state index in [0.717, 1.165) is 18.4 Å². The fourth-order valence-corrected chi connectivity index (χ4v) is 4.95. The second kappa shape index (κ2) is 12.8. The maximum Gasteiger partial charge on any atom is 0.237 e. The summed E-state index contributed by atoms with van der Waals surface area (Å²) in [6, 6.07) is 7.75. The van der Waals surface area contributed by atoms with Gasteiger partial charge in [0.25, 0.3) is 0 Å². The molecule has 1 aromatic heterocycles. The van der Waals surface area contributed by atoms with Gasteiger partial charge in [-0.05, 0) is 60.5 Å². The summed E-state index contributed by atoms with van der Waals surface area (Å²) in [5.74, 6) is 0.244. The van der Waals surface area contributed by atoms with Gasteiger partial charge in [-0.3, -0.25) is 9.69 Å². The summed E-state index contributed by atoms with van der Waals surface area (Å²) in [5.41, 5.74) is 1.11. The standard InChI is InChI=1S/C25H33FN2O4S/c1-3-4-5-20(29)16-27(13-14-31-2)17-25(30)28-12-10-24-22(11-15-33-24)23(28)18-32-21-8-6-19(26)7-9-21/h3,6-9,11,15,20,23,29H,1,4-5,10,12-14,16-18H2,2H3. The van der Waals surface area contributed by atoms with E-state index in [9.17, 15) is 14.3 Å². The third kappa shape index (κ3) is 7.37. The quantitative estimate of drug-likeness (QED) is 0.447. The van der Waals surface area contributed by atoms with E-state index in [2.05, 4.69) is 12.6 Å². The van der Waals surface area contributed by atoms with Crippen molar-refractivity contribution in [1.82, 2.24) is 9.80 Å². The molecule has 1 aliphatic heterocycles. The zero-order chi connectivity index (χ0) is 23.6. The first-order valence-electron chi connectivity index (χ1n) is 11.3. The Morgan fingerprint density at radius 3 is 2.91 bits per heavy atom. The van der Waals surface area contributed by atoms with Crippen molar-refractivity contribution in [2.75, 3.05) is 46.5 Å². The maximum absolute atomic E-state index is 13.4. The summed E-state index contributed by atoms with van der Waals surface area (Å²) >= 11 is 1.70. The van der Waals surface area contributed by atoms with E-state index < -0.39 is 6.10 Å². The Morgan fingerprint density at radius 1 is 1.39 bits per heavy atom. The van der Waals surface area contributed by atoms with Gasteiger partial charge in [-0.1, -0.05) is 6.08 Å². The fraction of sp³-hybridized carbons (Fsp3) is 0.480. The largest absolute Gasteiger partial charge is 0.491 e. The van der Waals surface area contributed by atoms with Crippen molar-refractivity contribution in [3.63, 3.8) is 0 Å². The Balaban J connectivity index is 1.69. The lowest BCUT2D eigenvalue weighted by molar-refractivity contribution is -0.136. The lowest BCUT2D eigenvalue weighted by Crippen LogP contribution is -2.48. The van der Waals surface area contributed by atoms with Crippen molar-refractivity contribution in [2.45, 2.75) is 31.4 Å². The summed E-state index contributed by atoms with van der Waals surface area (Å²) in [6.45, 7) is 6.24. The molecule has 0 radical (unpaired) electrons. The number of rotatable bonds is 13. The fourth-order valence-electron chi connectivity index (χ4n) is 4.02. The van der Waals surface area contributed by atoms with Crippen LogP contribution in [0, 0.1) is 5.82 Å². The highest BCUT2D eigenvalue weighted by Crippen LogP contribution is 2.34. The molecule has 2 atom stereocenters. The predicted octanol–water partition coefficient (Wildman–Crippen LogP) is 3.67. The Bertz CT molecular complexity index is 889. The number of benzene rings is 1. The van der Waals surface area contributed by atoms with Crippen molar-refractivity contribution in [2.24, 2.45) is 0 Å². The Kier molecular flexibility index (Phi) is 9.87. The first-order chi connectivity index (χ1) is 16.0. The van der Waals surface area contributed by atoms with Crippen LogP contribution in [-0.2, 0) is 16.0 Å². The minimum absolute atomic E-state index is 0.00780. The van der Waals surface area contributed by atoms with Gasteiger partial charge in [-0.2, -0.15) is 0 Å². The number of hydrogen-bond acceptors (Lipinski definition) is 6. The second-order valence-corrected chi connectivity index (χ2v) is 9.17. The Labute approximate surface area is 199 Å². The van der Waals surface area contributed by atoms with Gasteiger partial charge < -0.3 is 19.5 Å². The minimum atomic E-state index is -0.532. The molecule has 6 nitrogen and oxygen atoms in total. The number of thiophene rings is 1. The molecular weight excluding hydrogens is 443 g/mol. The van der Waals surface area contributed by atoms with Gasteiger partial charge in [-0.15, -0.1) is 17.9 Å². The summed E-state index contributed by atoms with van der Waals surface area (Å²) in [6.07, 6.45) is 3.40. The molecule has 0 fully saturated rings.